The lowest BCUT2D eigenvalue weighted by molar-refractivity contribution is -0.127. The van der Waals surface area contributed by atoms with Gasteiger partial charge in [0.05, 0.1) is 12.2 Å². The Morgan fingerprint density at radius 1 is 1.05 bits per heavy atom. The second kappa shape index (κ2) is 12.4. The van der Waals surface area contributed by atoms with Crippen LogP contribution < -0.4 is 5.32 Å². The van der Waals surface area contributed by atoms with Crippen molar-refractivity contribution in [3.05, 3.63) is 95.1 Å². The highest BCUT2D eigenvalue weighted by molar-refractivity contribution is 6.04. The Bertz CT molecular complexity index is 1430. The van der Waals surface area contributed by atoms with Crippen LogP contribution in [-0.2, 0) is 14.3 Å². The van der Waals surface area contributed by atoms with Gasteiger partial charge < -0.3 is 19.7 Å². The Morgan fingerprint density at radius 2 is 1.67 bits per heavy atom. The molecule has 1 saturated heterocycles. The summed E-state index contributed by atoms with van der Waals surface area (Å²) in [5.74, 6) is -2.91. The average Bonchev–Trinajstić information content (AvgIpc) is 2.90. The number of likely N-dealkylation sites (tertiary alicyclic amines) is 1. The molecule has 2 heterocycles. The van der Waals surface area contributed by atoms with Crippen molar-refractivity contribution in [2.75, 3.05) is 25.0 Å². The highest BCUT2D eigenvalue weighted by Crippen LogP contribution is 2.34. The second-order valence-electron chi connectivity index (χ2n) is 11.7. The van der Waals surface area contributed by atoms with Gasteiger partial charge in [0.25, 0.3) is 5.91 Å². The lowest BCUT2D eigenvalue weighted by atomic mass is 9.84. The smallest absolute Gasteiger partial charge is 0.410 e. The molecule has 0 unspecified atom stereocenters. The second-order valence-corrected chi connectivity index (χ2v) is 11.7. The molecule has 2 aliphatic heterocycles. The first-order valence-electron chi connectivity index (χ1n) is 13.9. The Labute approximate surface area is 244 Å². The molecule has 9 heteroatoms. The number of hydrogen-bond acceptors (Lipinski definition) is 5. The number of Topliss-reactive ketones (excluding diaryl/α,β-unsaturated/α-hetero) is 1. The van der Waals surface area contributed by atoms with Crippen molar-refractivity contribution < 1.29 is 32.6 Å². The zero-order valence-electron chi connectivity index (χ0n) is 24.4. The molecule has 0 aliphatic carbocycles. The molecule has 2 amide bonds. The van der Waals surface area contributed by atoms with E-state index in [9.17, 15) is 23.2 Å². The summed E-state index contributed by atoms with van der Waals surface area (Å²) in [7, 11) is 0. The standard InChI is InChI=1S/C33H36F2N2O5/c1-21-19-22(2)28(38)20-33(14-16-37(17-15-33)31(40)42-32(3,4)5)41-18-13-25(21)23-9-11-24(12-10-23)36-30(39)29-26(34)7-6-8-27(29)35/h6-13,19H,2,14-18,20H2,1,3-5H3,(H,36,39)/b21-19-,25-13+. The van der Waals surface area contributed by atoms with E-state index in [1.54, 1.807) is 35.2 Å². The van der Waals surface area contributed by atoms with Gasteiger partial charge in [-0.3, -0.25) is 9.59 Å². The van der Waals surface area contributed by atoms with E-state index in [2.05, 4.69) is 11.9 Å². The van der Waals surface area contributed by atoms with Crippen LogP contribution in [0.3, 0.4) is 0 Å². The van der Waals surface area contributed by atoms with Gasteiger partial charge in [-0.1, -0.05) is 30.9 Å². The normalized spacial score (nSPS) is 20.3. The molecule has 0 atom stereocenters. The molecule has 0 radical (unpaired) electrons. The lowest BCUT2D eigenvalue weighted by Gasteiger charge is -2.41. The maximum atomic E-state index is 14.0. The van der Waals surface area contributed by atoms with E-state index < -0.39 is 34.3 Å². The third kappa shape index (κ3) is 7.39. The minimum absolute atomic E-state index is 0.125. The maximum absolute atomic E-state index is 14.0. The minimum atomic E-state index is -0.945. The first-order chi connectivity index (χ1) is 19.8. The van der Waals surface area contributed by atoms with Crippen LogP contribution in [0.1, 0.15) is 62.9 Å². The number of halogens is 2. The number of carbonyl (C=O) groups is 3. The van der Waals surface area contributed by atoms with Crippen LogP contribution in [0.15, 0.2) is 72.3 Å². The first kappa shape index (κ1) is 30.8. The molecule has 42 heavy (non-hydrogen) atoms. The quantitative estimate of drug-likeness (QED) is 0.402. The highest BCUT2D eigenvalue weighted by atomic mass is 19.1. The van der Waals surface area contributed by atoms with Gasteiger partial charge in [-0.05, 0) is 87.6 Å². The van der Waals surface area contributed by atoms with Gasteiger partial charge in [0.15, 0.2) is 5.78 Å². The van der Waals surface area contributed by atoms with E-state index in [1.165, 1.54) is 6.07 Å². The van der Waals surface area contributed by atoms with Crippen LogP contribution in [0, 0.1) is 11.6 Å². The number of amides is 2. The predicted octanol–water partition coefficient (Wildman–Crippen LogP) is 6.86. The predicted molar refractivity (Wildman–Crippen MR) is 157 cm³/mol. The number of ketones is 1. The summed E-state index contributed by atoms with van der Waals surface area (Å²) >= 11 is 0. The number of benzene rings is 2. The summed E-state index contributed by atoms with van der Waals surface area (Å²) in [6.45, 7) is 12.4. The van der Waals surface area contributed by atoms with Gasteiger partial charge in [-0.25, -0.2) is 13.6 Å². The molecule has 1 spiro atoms. The molecule has 1 N–H and O–H groups in total. The van der Waals surface area contributed by atoms with E-state index in [0.29, 0.717) is 37.2 Å². The molecule has 4 rings (SSSR count). The number of allylic oxidation sites excluding steroid dienone is 4. The largest absolute Gasteiger partial charge is 0.444 e. The van der Waals surface area contributed by atoms with E-state index in [4.69, 9.17) is 9.47 Å². The topological polar surface area (TPSA) is 84.9 Å². The maximum Gasteiger partial charge on any atom is 0.410 e. The number of hydrogen-bond donors (Lipinski definition) is 1. The van der Waals surface area contributed by atoms with Crippen molar-refractivity contribution in [3.63, 3.8) is 0 Å². The zero-order chi connectivity index (χ0) is 30.7. The molecule has 2 aliphatic rings. The average molecular weight is 579 g/mol. The van der Waals surface area contributed by atoms with E-state index in [-0.39, 0.29) is 24.9 Å². The van der Waals surface area contributed by atoms with Crippen LogP contribution in [0.4, 0.5) is 19.3 Å². The molecule has 0 saturated carbocycles. The molecule has 7 nitrogen and oxygen atoms in total. The fourth-order valence-electron chi connectivity index (χ4n) is 5.07. The van der Waals surface area contributed by atoms with Gasteiger partial charge in [0.1, 0.15) is 22.8 Å². The minimum Gasteiger partial charge on any atom is -0.444 e. The number of ether oxygens (including phenoxy) is 2. The van der Waals surface area contributed by atoms with Gasteiger partial charge in [0, 0.05) is 30.8 Å². The summed E-state index contributed by atoms with van der Waals surface area (Å²) < 4.78 is 39.9. The van der Waals surface area contributed by atoms with Crippen LogP contribution in [0.5, 0.6) is 0 Å². The molecule has 0 bridgehead atoms. The van der Waals surface area contributed by atoms with Crippen LogP contribution >= 0.6 is 0 Å². The Morgan fingerprint density at radius 3 is 2.26 bits per heavy atom. The Balaban J connectivity index is 1.50. The van der Waals surface area contributed by atoms with Crippen molar-refractivity contribution in [1.29, 1.82) is 0 Å². The summed E-state index contributed by atoms with van der Waals surface area (Å²) in [6, 6.07) is 10.0. The van der Waals surface area contributed by atoms with Gasteiger partial charge >= 0.3 is 6.09 Å². The molecule has 0 aromatic heterocycles. The third-order valence-electron chi connectivity index (χ3n) is 7.30. The zero-order valence-corrected chi connectivity index (χ0v) is 24.4. The number of carbonyl (C=O) groups excluding carboxylic acids is 3. The van der Waals surface area contributed by atoms with Gasteiger partial charge in [-0.2, -0.15) is 0 Å². The van der Waals surface area contributed by atoms with Crippen molar-refractivity contribution in [2.45, 2.75) is 58.2 Å². The molecule has 222 valence electrons. The van der Waals surface area contributed by atoms with Crippen molar-refractivity contribution in [2.24, 2.45) is 0 Å². The first-order valence-corrected chi connectivity index (χ1v) is 13.9. The summed E-state index contributed by atoms with van der Waals surface area (Å²) in [4.78, 5) is 39.8. The number of rotatable bonds is 3. The van der Waals surface area contributed by atoms with Crippen molar-refractivity contribution in [1.82, 2.24) is 4.90 Å². The summed E-state index contributed by atoms with van der Waals surface area (Å²) in [5, 5.41) is 2.52. The lowest BCUT2D eigenvalue weighted by Crippen LogP contribution is -2.50. The summed E-state index contributed by atoms with van der Waals surface area (Å²) in [5.41, 5.74) is 1.13. The van der Waals surface area contributed by atoms with Crippen LogP contribution in [-0.4, -0.2) is 53.6 Å². The van der Waals surface area contributed by atoms with Gasteiger partial charge in [0.2, 0.25) is 0 Å². The number of nitrogens with zero attached hydrogens (tertiary/aromatic N) is 1. The SMILES string of the molecule is C=C1/C=C(C)\C(c2ccc(NC(=O)c3c(F)cccc3F)cc2)=C/COC2(CCN(C(=O)OC(C)(C)C)CC2)CC1=O. The molecular formula is C33H36F2N2O5. The van der Waals surface area contributed by atoms with Crippen LogP contribution in [0.2, 0.25) is 0 Å². The highest BCUT2D eigenvalue weighted by Gasteiger charge is 2.40. The Kier molecular flexibility index (Phi) is 9.11. The molecular weight excluding hydrogens is 542 g/mol. The van der Waals surface area contributed by atoms with Crippen molar-refractivity contribution >= 4 is 29.0 Å². The number of nitrogens with one attached hydrogen (secondary N) is 1. The fourth-order valence-corrected chi connectivity index (χ4v) is 5.07. The van der Waals surface area contributed by atoms with E-state index in [1.807, 2.05) is 33.8 Å². The molecule has 2 aromatic rings. The van der Waals surface area contributed by atoms with Crippen LogP contribution in [0.25, 0.3) is 5.57 Å². The van der Waals surface area contributed by atoms with E-state index in [0.717, 1.165) is 28.8 Å². The van der Waals surface area contributed by atoms with Gasteiger partial charge in [-0.15, -0.1) is 0 Å². The van der Waals surface area contributed by atoms with E-state index >= 15 is 0 Å². The number of anilines is 1. The Hall–Kier alpha value is -4.11. The fraction of sp³-hybridized carbons (Fsp3) is 0.364. The number of piperidine rings is 1. The molecule has 1 fully saturated rings. The third-order valence-corrected chi connectivity index (χ3v) is 7.30. The monoisotopic (exact) mass is 578 g/mol. The molecule has 2 aromatic carbocycles. The van der Waals surface area contributed by atoms with Crippen molar-refractivity contribution in [3.8, 4) is 0 Å². The summed E-state index contributed by atoms with van der Waals surface area (Å²) in [6.07, 6.45) is 4.42.